The van der Waals surface area contributed by atoms with Crippen LogP contribution in [0.3, 0.4) is 0 Å². The number of hydrogen-bond donors (Lipinski definition) is 1. The first-order valence-electron chi connectivity index (χ1n) is 9.94. The molecule has 28 heavy (non-hydrogen) atoms. The molecule has 1 fully saturated rings. The largest absolute Gasteiger partial charge is 0.357 e. The summed E-state index contributed by atoms with van der Waals surface area (Å²) >= 11 is 1.84. The first-order valence-corrected chi connectivity index (χ1v) is 10.8. The number of guanidine groups is 1. The first-order chi connectivity index (χ1) is 13.7. The minimum atomic E-state index is 0.596. The van der Waals surface area contributed by atoms with Crippen molar-refractivity contribution in [2.75, 3.05) is 32.7 Å². The van der Waals surface area contributed by atoms with E-state index in [9.17, 15) is 0 Å². The molecule has 0 spiro atoms. The number of nitrogens with one attached hydrogen (secondary N) is 1. The second kappa shape index (κ2) is 8.75. The molecule has 3 aromatic heterocycles. The van der Waals surface area contributed by atoms with Gasteiger partial charge in [0.2, 0.25) is 0 Å². The van der Waals surface area contributed by atoms with Crippen LogP contribution in [-0.4, -0.2) is 57.9 Å². The number of piperazine rings is 1. The van der Waals surface area contributed by atoms with E-state index in [0.29, 0.717) is 6.54 Å². The van der Waals surface area contributed by atoms with Crippen LogP contribution in [0.15, 0.2) is 46.9 Å². The van der Waals surface area contributed by atoms with E-state index < -0.39 is 0 Å². The third-order valence-electron chi connectivity index (χ3n) is 5.10. The lowest BCUT2D eigenvalue weighted by Gasteiger charge is -2.36. The highest BCUT2D eigenvalue weighted by atomic mass is 32.1. The predicted molar refractivity (Wildman–Crippen MR) is 116 cm³/mol. The van der Waals surface area contributed by atoms with Crippen LogP contribution in [-0.2, 0) is 13.1 Å². The molecule has 0 aromatic carbocycles. The molecular formula is C21H28N6S. The smallest absolute Gasteiger partial charge is 0.194 e. The van der Waals surface area contributed by atoms with Crippen molar-refractivity contribution >= 4 is 22.9 Å². The highest BCUT2D eigenvalue weighted by Crippen LogP contribution is 2.14. The molecular weight excluding hydrogens is 368 g/mol. The summed E-state index contributed by atoms with van der Waals surface area (Å²) < 4.78 is 2.13. The average molecular weight is 397 g/mol. The molecule has 0 aliphatic carbocycles. The first kappa shape index (κ1) is 19.0. The Hall–Kier alpha value is -2.38. The molecule has 1 N–H and O–H groups in total. The summed E-state index contributed by atoms with van der Waals surface area (Å²) in [5.74, 6) is 0.993. The van der Waals surface area contributed by atoms with Crippen molar-refractivity contribution in [3.8, 4) is 0 Å². The number of rotatable bonds is 5. The number of pyridine rings is 1. The number of nitrogens with zero attached hydrogens (tertiary/aromatic N) is 5. The van der Waals surface area contributed by atoms with Gasteiger partial charge in [-0.15, -0.1) is 11.3 Å². The van der Waals surface area contributed by atoms with E-state index in [1.54, 1.807) is 0 Å². The van der Waals surface area contributed by atoms with Crippen LogP contribution in [0.2, 0.25) is 0 Å². The monoisotopic (exact) mass is 396 g/mol. The molecule has 1 saturated heterocycles. The van der Waals surface area contributed by atoms with Crippen LogP contribution in [0.1, 0.15) is 23.2 Å². The maximum absolute atomic E-state index is 4.87. The number of imidazole rings is 1. The average Bonchev–Trinajstić information content (AvgIpc) is 3.36. The van der Waals surface area contributed by atoms with Gasteiger partial charge in [0.15, 0.2) is 5.96 Å². The maximum Gasteiger partial charge on any atom is 0.194 e. The molecule has 7 heteroatoms. The fourth-order valence-corrected chi connectivity index (χ4v) is 4.34. The summed E-state index contributed by atoms with van der Waals surface area (Å²) in [7, 11) is 0. The zero-order valence-corrected chi connectivity index (χ0v) is 17.5. The van der Waals surface area contributed by atoms with Crippen LogP contribution in [0.4, 0.5) is 0 Å². The van der Waals surface area contributed by atoms with E-state index in [1.807, 2.05) is 23.5 Å². The summed E-state index contributed by atoms with van der Waals surface area (Å²) in [6.07, 6.45) is 2.09. The van der Waals surface area contributed by atoms with E-state index >= 15 is 0 Å². The molecule has 0 saturated carbocycles. The Morgan fingerprint density at radius 3 is 2.75 bits per heavy atom. The van der Waals surface area contributed by atoms with Gasteiger partial charge in [-0.1, -0.05) is 12.1 Å². The van der Waals surface area contributed by atoms with Gasteiger partial charge in [0.25, 0.3) is 0 Å². The van der Waals surface area contributed by atoms with E-state index in [4.69, 9.17) is 9.98 Å². The van der Waals surface area contributed by atoms with Gasteiger partial charge in [-0.25, -0.2) is 9.98 Å². The van der Waals surface area contributed by atoms with E-state index in [0.717, 1.165) is 56.6 Å². The van der Waals surface area contributed by atoms with Gasteiger partial charge < -0.3 is 14.6 Å². The molecule has 0 bridgehead atoms. The predicted octanol–water partition coefficient (Wildman–Crippen LogP) is 2.99. The van der Waals surface area contributed by atoms with Crippen molar-refractivity contribution in [1.29, 1.82) is 0 Å². The topological polar surface area (TPSA) is 48.2 Å². The summed E-state index contributed by atoms with van der Waals surface area (Å²) in [6.45, 7) is 10.9. The van der Waals surface area contributed by atoms with Crippen molar-refractivity contribution < 1.29 is 0 Å². The van der Waals surface area contributed by atoms with Gasteiger partial charge in [0.05, 0.1) is 12.2 Å². The van der Waals surface area contributed by atoms with Crippen LogP contribution in [0, 0.1) is 6.92 Å². The summed E-state index contributed by atoms with van der Waals surface area (Å²) in [5.41, 5.74) is 3.17. The van der Waals surface area contributed by atoms with Crippen LogP contribution in [0.5, 0.6) is 0 Å². The highest BCUT2D eigenvalue weighted by molar-refractivity contribution is 7.09. The quantitative estimate of drug-likeness (QED) is 0.532. The standard InChI is InChI=1S/C21H28N6S/c1-3-22-21(23-14-18-15-27-17(2)6-4-8-20(27)24-18)26-11-9-25(10-12-26)16-19-7-5-13-28-19/h4-8,13,15H,3,9-12,14,16H2,1-2H3,(H,22,23). The van der Waals surface area contributed by atoms with Gasteiger partial charge in [-0.3, -0.25) is 4.90 Å². The molecule has 4 heterocycles. The molecule has 1 aliphatic heterocycles. The van der Waals surface area contributed by atoms with Crippen molar-refractivity contribution in [2.45, 2.75) is 26.9 Å². The number of aliphatic imine (C=N–C) groups is 1. The molecule has 0 unspecified atom stereocenters. The Labute approximate surface area is 170 Å². The van der Waals surface area contributed by atoms with Gasteiger partial charge in [0, 0.05) is 56.0 Å². The third-order valence-corrected chi connectivity index (χ3v) is 5.96. The Kier molecular flexibility index (Phi) is 5.92. The minimum absolute atomic E-state index is 0.596. The Balaban J connectivity index is 1.39. The van der Waals surface area contributed by atoms with Crippen LogP contribution in [0.25, 0.3) is 5.65 Å². The van der Waals surface area contributed by atoms with Gasteiger partial charge >= 0.3 is 0 Å². The molecule has 1 aliphatic rings. The minimum Gasteiger partial charge on any atom is -0.357 e. The molecule has 148 valence electrons. The van der Waals surface area contributed by atoms with E-state index in [1.165, 1.54) is 10.6 Å². The SMILES string of the molecule is CCNC(=NCc1cn2c(C)cccc2n1)N1CCN(Cc2cccs2)CC1. The molecule has 0 amide bonds. The number of aryl methyl sites for hydroxylation is 1. The molecule has 6 nitrogen and oxygen atoms in total. The fourth-order valence-electron chi connectivity index (χ4n) is 3.60. The Morgan fingerprint density at radius 2 is 2.04 bits per heavy atom. The fraction of sp³-hybridized carbons (Fsp3) is 0.429. The Bertz CT molecular complexity index is 922. The molecule has 0 radical (unpaired) electrons. The highest BCUT2D eigenvalue weighted by Gasteiger charge is 2.20. The number of hydrogen-bond acceptors (Lipinski definition) is 4. The second-order valence-corrected chi connectivity index (χ2v) is 8.17. The van der Waals surface area contributed by atoms with E-state index in [2.05, 4.69) is 63.1 Å². The molecule has 4 rings (SSSR count). The second-order valence-electron chi connectivity index (χ2n) is 7.14. The number of fused-ring (bicyclic) bond motifs is 1. The number of thiophene rings is 1. The van der Waals surface area contributed by atoms with Gasteiger partial charge in [0.1, 0.15) is 5.65 Å². The Morgan fingerprint density at radius 1 is 1.18 bits per heavy atom. The maximum atomic E-state index is 4.87. The number of aromatic nitrogens is 2. The lowest BCUT2D eigenvalue weighted by molar-refractivity contribution is 0.173. The summed E-state index contributed by atoms with van der Waals surface area (Å²) in [5, 5.41) is 5.61. The molecule has 3 aromatic rings. The van der Waals surface area contributed by atoms with Gasteiger partial charge in [-0.2, -0.15) is 0 Å². The van der Waals surface area contributed by atoms with Crippen molar-refractivity contribution in [1.82, 2.24) is 24.5 Å². The lowest BCUT2D eigenvalue weighted by Crippen LogP contribution is -2.52. The molecule has 0 atom stereocenters. The normalized spacial score (nSPS) is 16.1. The van der Waals surface area contributed by atoms with E-state index in [-0.39, 0.29) is 0 Å². The van der Waals surface area contributed by atoms with Gasteiger partial charge in [-0.05, 0) is 37.4 Å². The van der Waals surface area contributed by atoms with Crippen molar-refractivity contribution in [3.63, 3.8) is 0 Å². The van der Waals surface area contributed by atoms with Crippen molar-refractivity contribution in [2.24, 2.45) is 4.99 Å². The van der Waals surface area contributed by atoms with Crippen LogP contribution < -0.4 is 5.32 Å². The zero-order valence-electron chi connectivity index (χ0n) is 16.6. The summed E-state index contributed by atoms with van der Waals surface area (Å²) in [4.78, 5) is 15.9. The third kappa shape index (κ3) is 4.36. The van der Waals surface area contributed by atoms with Crippen LogP contribution >= 0.6 is 11.3 Å². The van der Waals surface area contributed by atoms with Crippen molar-refractivity contribution in [3.05, 3.63) is 58.2 Å². The lowest BCUT2D eigenvalue weighted by atomic mass is 10.3. The summed E-state index contributed by atoms with van der Waals surface area (Å²) in [6, 6.07) is 10.5. The zero-order chi connectivity index (χ0) is 19.3.